The Morgan fingerprint density at radius 1 is 0.893 bits per heavy atom. The number of ether oxygens (including phenoxy) is 1. The van der Waals surface area contributed by atoms with Gasteiger partial charge in [-0.15, -0.1) is 0 Å². The molecule has 1 N–H and O–H groups in total. The number of benzene rings is 3. The van der Waals surface area contributed by atoms with Crippen molar-refractivity contribution in [1.29, 1.82) is 0 Å². The summed E-state index contributed by atoms with van der Waals surface area (Å²) in [6, 6.07) is 21.3. The zero-order valence-corrected chi connectivity index (χ0v) is 15.4. The highest BCUT2D eigenvalue weighted by atomic mass is 32.2. The molecular weight excluding hydrogens is 387 g/mol. The van der Waals surface area contributed by atoms with Crippen molar-refractivity contribution in [2.45, 2.75) is 16.0 Å². The number of carbonyl (C=O) groups is 1. The average molecular weight is 403 g/mol. The van der Waals surface area contributed by atoms with Crippen LogP contribution in [-0.2, 0) is 11.0 Å². The molecule has 0 aliphatic carbocycles. The number of alkyl halides is 3. The molecule has 0 atom stereocenters. The zero-order valence-electron chi connectivity index (χ0n) is 14.6. The molecule has 0 aliphatic heterocycles. The summed E-state index contributed by atoms with van der Waals surface area (Å²) in [6.07, 6.45) is -4.41. The SMILES string of the molecule is O=C(COc1ccc(C(F)(F)F)cc1)Nc1ccccc1Sc1ccccc1. The largest absolute Gasteiger partial charge is 0.484 e. The highest BCUT2D eigenvalue weighted by Crippen LogP contribution is 2.33. The summed E-state index contributed by atoms with van der Waals surface area (Å²) in [5.41, 5.74) is -0.131. The van der Waals surface area contributed by atoms with Crippen molar-refractivity contribution < 1.29 is 22.7 Å². The van der Waals surface area contributed by atoms with Crippen LogP contribution in [0.25, 0.3) is 0 Å². The number of para-hydroxylation sites is 1. The molecule has 3 aromatic rings. The zero-order chi connectivity index (χ0) is 20.0. The standard InChI is InChI=1S/C21H16F3NO2S/c22-21(23,24)15-10-12-16(13-11-15)27-14-20(26)25-18-8-4-5-9-19(18)28-17-6-2-1-3-7-17/h1-13H,14H2,(H,25,26). The average Bonchev–Trinajstić information content (AvgIpc) is 2.68. The number of nitrogens with one attached hydrogen (secondary N) is 1. The summed E-state index contributed by atoms with van der Waals surface area (Å²) in [4.78, 5) is 14.1. The lowest BCUT2D eigenvalue weighted by Gasteiger charge is -2.12. The molecule has 0 unspecified atom stereocenters. The lowest BCUT2D eigenvalue weighted by molar-refractivity contribution is -0.137. The van der Waals surface area contributed by atoms with Crippen molar-refractivity contribution in [2.75, 3.05) is 11.9 Å². The van der Waals surface area contributed by atoms with Crippen molar-refractivity contribution in [3.63, 3.8) is 0 Å². The minimum atomic E-state index is -4.41. The van der Waals surface area contributed by atoms with Crippen molar-refractivity contribution in [1.82, 2.24) is 0 Å². The third-order valence-electron chi connectivity index (χ3n) is 3.68. The number of anilines is 1. The Morgan fingerprint density at radius 2 is 1.54 bits per heavy atom. The Hall–Kier alpha value is -2.93. The first-order valence-electron chi connectivity index (χ1n) is 8.34. The molecule has 3 aromatic carbocycles. The minimum absolute atomic E-state index is 0.190. The van der Waals surface area contributed by atoms with Crippen molar-refractivity contribution in [3.8, 4) is 5.75 Å². The molecule has 1 amide bonds. The first-order chi connectivity index (χ1) is 13.4. The van der Waals surface area contributed by atoms with Gasteiger partial charge in [0, 0.05) is 9.79 Å². The first kappa shape index (κ1) is 19.8. The van der Waals surface area contributed by atoms with Gasteiger partial charge in [0.1, 0.15) is 5.75 Å². The van der Waals surface area contributed by atoms with Gasteiger partial charge in [0.05, 0.1) is 11.3 Å². The Morgan fingerprint density at radius 3 is 2.21 bits per heavy atom. The van der Waals surface area contributed by atoms with Crippen LogP contribution in [0, 0.1) is 0 Å². The quantitative estimate of drug-likeness (QED) is 0.559. The van der Waals surface area contributed by atoms with Gasteiger partial charge in [-0.05, 0) is 48.5 Å². The maximum atomic E-state index is 12.6. The van der Waals surface area contributed by atoms with Crippen LogP contribution < -0.4 is 10.1 Å². The van der Waals surface area contributed by atoms with Gasteiger partial charge in [0.2, 0.25) is 0 Å². The van der Waals surface area contributed by atoms with Crippen molar-refractivity contribution >= 4 is 23.4 Å². The number of carbonyl (C=O) groups excluding carboxylic acids is 1. The molecule has 144 valence electrons. The van der Waals surface area contributed by atoms with Crippen LogP contribution in [0.3, 0.4) is 0 Å². The predicted octanol–water partition coefficient (Wildman–Crippen LogP) is 5.87. The van der Waals surface area contributed by atoms with Crippen LogP contribution >= 0.6 is 11.8 Å². The molecule has 0 aromatic heterocycles. The van der Waals surface area contributed by atoms with E-state index in [1.54, 1.807) is 12.1 Å². The Kier molecular flexibility index (Phi) is 6.26. The van der Waals surface area contributed by atoms with E-state index in [0.717, 1.165) is 21.9 Å². The fourth-order valence-corrected chi connectivity index (χ4v) is 3.27. The molecule has 3 rings (SSSR count). The van der Waals surface area contributed by atoms with Gasteiger partial charge in [-0.3, -0.25) is 4.79 Å². The molecule has 0 fully saturated rings. The van der Waals surface area contributed by atoms with Crippen LogP contribution in [0.15, 0.2) is 88.7 Å². The van der Waals surface area contributed by atoms with E-state index in [2.05, 4.69) is 5.32 Å². The Labute approximate surface area is 164 Å². The smallest absolute Gasteiger partial charge is 0.416 e. The second-order valence-corrected chi connectivity index (χ2v) is 6.89. The van der Waals surface area contributed by atoms with E-state index in [1.807, 2.05) is 42.5 Å². The van der Waals surface area contributed by atoms with Gasteiger partial charge in [0.25, 0.3) is 5.91 Å². The van der Waals surface area contributed by atoms with Gasteiger partial charge in [-0.25, -0.2) is 0 Å². The van der Waals surface area contributed by atoms with Gasteiger partial charge in [-0.2, -0.15) is 13.2 Å². The number of rotatable bonds is 6. The van der Waals surface area contributed by atoms with Gasteiger partial charge >= 0.3 is 6.18 Å². The van der Waals surface area contributed by atoms with E-state index in [1.165, 1.54) is 23.9 Å². The molecule has 28 heavy (non-hydrogen) atoms. The third kappa shape index (κ3) is 5.53. The second kappa shape index (κ2) is 8.84. The highest BCUT2D eigenvalue weighted by molar-refractivity contribution is 7.99. The second-order valence-electron chi connectivity index (χ2n) is 5.77. The molecule has 7 heteroatoms. The number of hydrogen-bond donors (Lipinski definition) is 1. The highest BCUT2D eigenvalue weighted by Gasteiger charge is 2.30. The van der Waals surface area contributed by atoms with Crippen LogP contribution in [0.2, 0.25) is 0 Å². The van der Waals surface area contributed by atoms with E-state index in [0.29, 0.717) is 5.69 Å². The summed E-state index contributed by atoms with van der Waals surface area (Å²) < 4.78 is 43.0. The van der Waals surface area contributed by atoms with Crippen molar-refractivity contribution in [2.24, 2.45) is 0 Å². The van der Waals surface area contributed by atoms with Gasteiger partial charge < -0.3 is 10.1 Å². The maximum absolute atomic E-state index is 12.6. The minimum Gasteiger partial charge on any atom is -0.484 e. The first-order valence-corrected chi connectivity index (χ1v) is 9.15. The number of halogens is 3. The van der Waals surface area contributed by atoms with E-state index in [-0.39, 0.29) is 12.4 Å². The Balaban J connectivity index is 1.59. The summed E-state index contributed by atoms with van der Waals surface area (Å²) in [5.74, 6) is -0.212. The molecule has 0 saturated carbocycles. The van der Waals surface area contributed by atoms with E-state index in [4.69, 9.17) is 4.74 Å². The maximum Gasteiger partial charge on any atom is 0.416 e. The number of hydrogen-bond acceptors (Lipinski definition) is 3. The van der Waals surface area contributed by atoms with E-state index >= 15 is 0 Å². The summed E-state index contributed by atoms with van der Waals surface area (Å²) >= 11 is 1.51. The normalized spacial score (nSPS) is 11.1. The summed E-state index contributed by atoms with van der Waals surface area (Å²) in [7, 11) is 0. The molecule has 3 nitrogen and oxygen atoms in total. The van der Waals surface area contributed by atoms with Crippen LogP contribution in [-0.4, -0.2) is 12.5 Å². The van der Waals surface area contributed by atoms with E-state index < -0.39 is 17.6 Å². The van der Waals surface area contributed by atoms with Crippen molar-refractivity contribution in [3.05, 3.63) is 84.4 Å². The third-order valence-corrected chi connectivity index (χ3v) is 4.77. The summed E-state index contributed by atoms with van der Waals surface area (Å²) in [6.45, 7) is -0.310. The Bertz CT molecular complexity index is 928. The van der Waals surface area contributed by atoms with Crippen LogP contribution in [0.5, 0.6) is 5.75 Å². The van der Waals surface area contributed by atoms with Crippen LogP contribution in [0.4, 0.5) is 18.9 Å². The molecule has 0 heterocycles. The lowest BCUT2D eigenvalue weighted by atomic mass is 10.2. The predicted molar refractivity (Wildman–Crippen MR) is 103 cm³/mol. The van der Waals surface area contributed by atoms with Gasteiger partial charge in [-0.1, -0.05) is 42.1 Å². The fraction of sp³-hybridized carbons (Fsp3) is 0.0952. The molecule has 0 radical (unpaired) electrons. The monoisotopic (exact) mass is 403 g/mol. The lowest BCUT2D eigenvalue weighted by Crippen LogP contribution is -2.20. The molecule has 0 spiro atoms. The fourth-order valence-electron chi connectivity index (χ4n) is 2.35. The number of amides is 1. The molecule has 0 bridgehead atoms. The molecule has 0 aliphatic rings. The summed E-state index contributed by atoms with van der Waals surface area (Å²) in [5, 5.41) is 2.77. The topological polar surface area (TPSA) is 38.3 Å². The van der Waals surface area contributed by atoms with E-state index in [9.17, 15) is 18.0 Å². The van der Waals surface area contributed by atoms with Gasteiger partial charge in [0.15, 0.2) is 6.61 Å². The molecular formula is C21H16F3NO2S. The molecule has 0 saturated heterocycles. The van der Waals surface area contributed by atoms with Crippen LogP contribution in [0.1, 0.15) is 5.56 Å².